The number of aliphatic hydroxyl groups excluding tert-OH is 1. The van der Waals surface area contributed by atoms with Gasteiger partial charge in [0, 0.05) is 0 Å². The number of allylic oxidation sites excluding steroid dienone is 1. The first-order chi connectivity index (χ1) is 9.65. The molecule has 2 aromatic rings. The summed E-state index contributed by atoms with van der Waals surface area (Å²) in [5.74, 6) is 0.807. The first-order valence-electron chi connectivity index (χ1n) is 6.75. The average molecular weight is 268 g/mol. The summed E-state index contributed by atoms with van der Waals surface area (Å²) in [6.45, 7) is 4.50. The summed E-state index contributed by atoms with van der Waals surface area (Å²) >= 11 is 0. The third-order valence-electron chi connectivity index (χ3n) is 2.96. The van der Waals surface area contributed by atoms with Crippen LogP contribution in [0, 0.1) is 0 Å². The highest BCUT2D eigenvalue weighted by Crippen LogP contribution is 2.20. The van der Waals surface area contributed by atoms with Gasteiger partial charge in [0.1, 0.15) is 12.4 Å². The molecule has 0 aliphatic carbocycles. The summed E-state index contributed by atoms with van der Waals surface area (Å²) in [6.07, 6.45) is 1.28. The van der Waals surface area contributed by atoms with Crippen LogP contribution in [0.2, 0.25) is 0 Å². The Labute approximate surface area is 120 Å². The lowest BCUT2D eigenvalue weighted by molar-refractivity contribution is 0.227. The second-order valence-electron chi connectivity index (χ2n) is 5.03. The number of benzene rings is 2. The lowest BCUT2D eigenvalue weighted by atomic mass is 10.1. The van der Waals surface area contributed by atoms with Crippen LogP contribution >= 0.6 is 0 Å². The van der Waals surface area contributed by atoms with E-state index in [1.165, 1.54) is 0 Å². The van der Waals surface area contributed by atoms with E-state index in [9.17, 15) is 5.11 Å². The second kappa shape index (κ2) is 6.92. The lowest BCUT2D eigenvalue weighted by Gasteiger charge is -2.10. The number of hydrogen-bond donors (Lipinski definition) is 1. The van der Waals surface area contributed by atoms with Crippen LogP contribution in [-0.4, -0.2) is 5.11 Å². The van der Waals surface area contributed by atoms with Crippen molar-refractivity contribution in [2.45, 2.75) is 26.6 Å². The molecule has 0 spiro atoms. The van der Waals surface area contributed by atoms with E-state index in [1.807, 2.05) is 74.5 Å². The maximum atomic E-state index is 9.97. The number of ether oxygens (including phenoxy) is 1. The molecule has 2 aromatic carbocycles. The minimum Gasteiger partial charge on any atom is -0.489 e. The predicted octanol–water partition coefficient (Wildman–Crippen LogP) is 4.27. The van der Waals surface area contributed by atoms with Crippen molar-refractivity contribution in [2.24, 2.45) is 0 Å². The van der Waals surface area contributed by atoms with Crippen LogP contribution in [0.3, 0.4) is 0 Å². The third-order valence-corrected chi connectivity index (χ3v) is 2.96. The highest BCUT2D eigenvalue weighted by Gasteiger charge is 2.04. The van der Waals surface area contributed by atoms with Gasteiger partial charge in [-0.25, -0.2) is 0 Å². The van der Waals surface area contributed by atoms with Crippen molar-refractivity contribution in [1.29, 1.82) is 0 Å². The minimum absolute atomic E-state index is 0.552. The van der Waals surface area contributed by atoms with Crippen molar-refractivity contribution in [2.75, 3.05) is 0 Å². The maximum absolute atomic E-state index is 9.97. The average Bonchev–Trinajstić information content (AvgIpc) is 2.46. The molecule has 0 amide bonds. The predicted molar refractivity (Wildman–Crippen MR) is 81.6 cm³/mol. The minimum atomic E-state index is -0.553. The maximum Gasteiger partial charge on any atom is 0.119 e. The molecule has 1 N–H and O–H groups in total. The van der Waals surface area contributed by atoms with Gasteiger partial charge in [0.05, 0.1) is 6.10 Å². The van der Waals surface area contributed by atoms with Crippen LogP contribution in [0.15, 0.2) is 66.2 Å². The van der Waals surface area contributed by atoms with Gasteiger partial charge < -0.3 is 9.84 Å². The first-order valence-corrected chi connectivity index (χ1v) is 6.75. The highest BCUT2D eigenvalue weighted by molar-refractivity contribution is 5.30. The molecular weight excluding hydrogens is 248 g/mol. The molecule has 2 heteroatoms. The Morgan fingerprint density at radius 3 is 2.30 bits per heavy atom. The van der Waals surface area contributed by atoms with Crippen molar-refractivity contribution in [3.05, 3.63) is 77.4 Å². The molecule has 0 aliphatic heterocycles. The van der Waals surface area contributed by atoms with Crippen molar-refractivity contribution in [3.8, 4) is 5.75 Å². The summed E-state index contributed by atoms with van der Waals surface area (Å²) in [7, 11) is 0. The smallest absolute Gasteiger partial charge is 0.119 e. The molecule has 1 unspecified atom stereocenters. The molecule has 0 radical (unpaired) electrons. The van der Waals surface area contributed by atoms with E-state index in [-0.39, 0.29) is 0 Å². The molecule has 0 saturated carbocycles. The summed E-state index contributed by atoms with van der Waals surface area (Å²) < 4.78 is 5.71. The monoisotopic (exact) mass is 268 g/mol. The summed E-state index contributed by atoms with van der Waals surface area (Å²) in [5, 5.41) is 9.97. The number of hydrogen-bond acceptors (Lipinski definition) is 2. The zero-order chi connectivity index (χ0) is 14.4. The van der Waals surface area contributed by atoms with E-state index in [1.54, 1.807) is 0 Å². The van der Waals surface area contributed by atoms with Crippen LogP contribution in [0.5, 0.6) is 5.75 Å². The van der Waals surface area contributed by atoms with Crippen molar-refractivity contribution in [1.82, 2.24) is 0 Å². The van der Waals surface area contributed by atoms with E-state index >= 15 is 0 Å². The lowest BCUT2D eigenvalue weighted by Crippen LogP contribution is -1.97. The van der Waals surface area contributed by atoms with Crippen molar-refractivity contribution in [3.63, 3.8) is 0 Å². The zero-order valence-electron chi connectivity index (χ0n) is 11.9. The molecule has 20 heavy (non-hydrogen) atoms. The van der Waals surface area contributed by atoms with Crippen LogP contribution in [0.4, 0.5) is 0 Å². The van der Waals surface area contributed by atoms with Gasteiger partial charge in [0.25, 0.3) is 0 Å². The standard InChI is InChI=1S/C18H20O2/c1-14(2)12-18(19)16-8-10-17(11-9-16)20-13-15-6-4-3-5-7-15/h3-12,18-19H,13H2,1-2H3. The van der Waals surface area contributed by atoms with Gasteiger partial charge in [-0.2, -0.15) is 0 Å². The van der Waals surface area contributed by atoms with Gasteiger partial charge in [-0.1, -0.05) is 54.1 Å². The summed E-state index contributed by atoms with van der Waals surface area (Å²) in [5.41, 5.74) is 3.11. The Hall–Kier alpha value is -2.06. The molecule has 1 atom stereocenters. The van der Waals surface area contributed by atoms with Crippen LogP contribution in [0.25, 0.3) is 0 Å². The molecule has 0 fully saturated rings. The topological polar surface area (TPSA) is 29.5 Å². The van der Waals surface area contributed by atoms with E-state index in [4.69, 9.17) is 4.74 Å². The van der Waals surface area contributed by atoms with Gasteiger partial charge in [-0.05, 0) is 37.1 Å². The molecule has 104 valence electrons. The van der Waals surface area contributed by atoms with Crippen LogP contribution in [0.1, 0.15) is 31.1 Å². The van der Waals surface area contributed by atoms with Crippen molar-refractivity contribution < 1.29 is 9.84 Å². The molecule has 0 aromatic heterocycles. The molecule has 2 rings (SSSR count). The molecule has 2 nitrogen and oxygen atoms in total. The van der Waals surface area contributed by atoms with Gasteiger partial charge in [0.2, 0.25) is 0 Å². The van der Waals surface area contributed by atoms with Crippen molar-refractivity contribution >= 4 is 0 Å². The van der Waals surface area contributed by atoms with Crippen LogP contribution < -0.4 is 4.74 Å². The second-order valence-corrected chi connectivity index (χ2v) is 5.03. The number of aliphatic hydroxyl groups is 1. The Kier molecular flexibility index (Phi) is 4.97. The van der Waals surface area contributed by atoms with Gasteiger partial charge in [-0.3, -0.25) is 0 Å². The van der Waals surface area contributed by atoms with E-state index in [0.29, 0.717) is 6.61 Å². The van der Waals surface area contributed by atoms with Gasteiger partial charge in [0.15, 0.2) is 0 Å². The fourth-order valence-corrected chi connectivity index (χ4v) is 1.91. The zero-order valence-corrected chi connectivity index (χ0v) is 11.9. The third kappa shape index (κ3) is 4.25. The SMILES string of the molecule is CC(C)=CC(O)c1ccc(OCc2ccccc2)cc1. The molecule has 0 saturated heterocycles. The number of rotatable bonds is 5. The van der Waals surface area contributed by atoms with Gasteiger partial charge in [-0.15, -0.1) is 0 Å². The first kappa shape index (κ1) is 14.4. The fraction of sp³-hybridized carbons (Fsp3) is 0.222. The Morgan fingerprint density at radius 1 is 1.05 bits per heavy atom. The van der Waals surface area contributed by atoms with Crippen LogP contribution in [-0.2, 0) is 6.61 Å². The van der Waals surface area contributed by atoms with E-state index in [0.717, 1.165) is 22.4 Å². The molecular formula is C18H20O2. The summed E-state index contributed by atoms with van der Waals surface area (Å²) in [4.78, 5) is 0. The van der Waals surface area contributed by atoms with E-state index in [2.05, 4.69) is 0 Å². The Bertz CT molecular complexity index is 552. The highest BCUT2D eigenvalue weighted by atomic mass is 16.5. The summed E-state index contributed by atoms with van der Waals surface area (Å²) in [6, 6.07) is 17.6. The Morgan fingerprint density at radius 2 is 1.70 bits per heavy atom. The Balaban J connectivity index is 1.96. The fourth-order valence-electron chi connectivity index (χ4n) is 1.91. The largest absolute Gasteiger partial charge is 0.489 e. The quantitative estimate of drug-likeness (QED) is 0.821. The van der Waals surface area contributed by atoms with Gasteiger partial charge >= 0.3 is 0 Å². The molecule has 0 bridgehead atoms. The normalized spacial score (nSPS) is 11.8. The van der Waals surface area contributed by atoms with E-state index < -0.39 is 6.10 Å². The molecule has 0 heterocycles. The molecule has 0 aliphatic rings.